The number of pyridine rings is 1. The van der Waals surface area contributed by atoms with Crippen LogP contribution in [-0.4, -0.2) is 20.2 Å². The lowest BCUT2D eigenvalue weighted by Crippen LogP contribution is -2.06. The quantitative estimate of drug-likeness (QED) is 0.250. The summed E-state index contributed by atoms with van der Waals surface area (Å²) in [5.41, 5.74) is 9.73. The summed E-state index contributed by atoms with van der Waals surface area (Å²) in [5.74, 6) is 0. The summed E-state index contributed by atoms with van der Waals surface area (Å²) < 4.78 is 2.32. The second kappa shape index (κ2) is 9.21. The third-order valence-corrected chi connectivity index (χ3v) is 7.87. The van der Waals surface area contributed by atoms with Gasteiger partial charge >= 0.3 is 0 Å². The normalized spacial score (nSPS) is 13.3. The van der Waals surface area contributed by atoms with E-state index < -0.39 is 0 Å². The van der Waals surface area contributed by atoms with E-state index in [1.165, 1.54) is 27.1 Å². The molecule has 4 heteroatoms. The van der Waals surface area contributed by atoms with Gasteiger partial charge in [0.25, 0.3) is 0 Å². The van der Waals surface area contributed by atoms with Gasteiger partial charge in [-0.25, -0.2) is 4.98 Å². The monoisotopic (exact) mass is 514 g/mol. The van der Waals surface area contributed by atoms with Crippen LogP contribution in [0.4, 0.5) is 0 Å². The number of rotatable bonds is 4. The Morgan fingerprint density at radius 3 is 2.45 bits per heavy atom. The molecule has 0 unspecified atom stereocenters. The van der Waals surface area contributed by atoms with Crippen LogP contribution in [0.2, 0.25) is 0 Å². The van der Waals surface area contributed by atoms with Gasteiger partial charge in [0.15, 0.2) is 0 Å². The minimum Gasteiger partial charge on any atom is -0.347 e. The first-order valence-corrected chi connectivity index (χ1v) is 13.7. The van der Waals surface area contributed by atoms with Crippen LogP contribution in [0.1, 0.15) is 18.5 Å². The van der Waals surface area contributed by atoms with Crippen molar-refractivity contribution < 1.29 is 0 Å². The molecule has 0 amide bonds. The van der Waals surface area contributed by atoms with E-state index in [0.717, 1.165) is 58.0 Å². The van der Waals surface area contributed by atoms with E-state index in [2.05, 4.69) is 125 Å². The molecule has 0 aliphatic carbocycles. The van der Waals surface area contributed by atoms with E-state index in [4.69, 9.17) is 9.98 Å². The molecule has 4 aromatic carbocycles. The Bertz CT molecular complexity index is 2120. The SMILES string of the molecule is C1=CN=C(c2cc(-c3cccc(-n4c5ccccc5c5cc[nH]c54)c3)cc(-c3ccc4ccccc4c3)n2)CC1. The highest BCUT2D eigenvalue weighted by Crippen LogP contribution is 2.34. The van der Waals surface area contributed by atoms with Crippen molar-refractivity contribution in [3.05, 3.63) is 133 Å². The number of allylic oxidation sites excluding steroid dienone is 1. The third-order valence-electron chi connectivity index (χ3n) is 7.87. The van der Waals surface area contributed by atoms with Crippen LogP contribution in [0.5, 0.6) is 0 Å². The second-order valence-corrected chi connectivity index (χ2v) is 10.3. The number of aromatic amines is 1. The molecule has 1 aliphatic heterocycles. The van der Waals surface area contributed by atoms with Gasteiger partial charge in [0.1, 0.15) is 5.65 Å². The number of H-pyrrole nitrogens is 1. The lowest BCUT2D eigenvalue weighted by molar-refractivity contribution is 1.05. The number of hydrogen-bond donors (Lipinski definition) is 1. The van der Waals surface area contributed by atoms with Crippen LogP contribution in [0.15, 0.2) is 133 Å². The van der Waals surface area contributed by atoms with Gasteiger partial charge in [-0.2, -0.15) is 0 Å². The Kier molecular flexibility index (Phi) is 5.23. The molecule has 1 N–H and O–H groups in total. The van der Waals surface area contributed by atoms with Gasteiger partial charge in [-0.05, 0) is 77.2 Å². The number of nitrogens with zero attached hydrogens (tertiary/aromatic N) is 3. The Hall–Kier alpha value is -5.22. The maximum absolute atomic E-state index is 5.13. The summed E-state index contributed by atoms with van der Waals surface area (Å²) in [4.78, 5) is 13.3. The van der Waals surface area contributed by atoms with Crippen LogP contribution in [-0.2, 0) is 0 Å². The number of hydrogen-bond acceptors (Lipinski definition) is 2. The molecule has 4 heterocycles. The van der Waals surface area contributed by atoms with Gasteiger partial charge in [-0.15, -0.1) is 0 Å². The van der Waals surface area contributed by atoms with E-state index in [0.29, 0.717) is 0 Å². The molecule has 40 heavy (non-hydrogen) atoms. The van der Waals surface area contributed by atoms with Gasteiger partial charge in [-0.1, -0.05) is 72.8 Å². The lowest BCUT2D eigenvalue weighted by Gasteiger charge is -2.14. The van der Waals surface area contributed by atoms with Crippen molar-refractivity contribution in [2.75, 3.05) is 0 Å². The minimum atomic E-state index is 0.893. The van der Waals surface area contributed by atoms with Crippen molar-refractivity contribution in [1.82, 2.24) is 14.5 Å². The van der Waals surface area contributed by atoms with Gasteiger partial charge in [0.2, 0.25) is 0 Å². The molecule has 0 fully saturated rings. The summed E-state index contributed by atoms with van der Waals surface area (Å²) in [6.07, 6.45) is 7.91. The summed E-state index contributed by atoms with van der Waals surface area (Å²) in [6, 6.07) is 39.0. The molecular formula is C36H26N4. The zero-order valence-corrected chi connectivity index (χ0v) is 21.9. The number of aliphatic imine (C=N–C) groups is 1. The standard InChI is InChI=1S/C36H26N4/c1-2-9-25-20-27(16-15-24(25)8-1)33-22-28(23-34(39-33)32-13-5-6-18-37-32)26-10-7-11-29(21-26)40-35-14-4-3-12-30(35)31-17-19-38-36(31)40/h1-4,6-12,14-23,38H,5,13H2. The van der Waals surface area contributed by atoms with Crippen LogP contribution < -0.4 is 0 Å². The number of aromatic nitrogens is 3. The molecule has 0 saturated carbocycles. The largest absolute Gasteiger partial charge is 0.347 e. The molecule has 0 atom stereocenters. The van der Waals surface area contributed by atoms with Crippen molar-refractivity contribution in [2.24, 2.45) is 4.99 Å². The van der Waals surface area contributed by atoms with Gasteiger partial charge in [-0.3, -0.25) is 9.56 Å². The average Bonchev–Trinajstić information content (AvgIpc) is 3.62. The van der Waals surface area contributed by atoms with E-state index in [1.807, 2.05) is 12.4 Å². The summed E-state index contributed by atoms with van der Waals surface area (Å²) in [5, 5.41) is 4.92. The van der Waals surface area contributed by atoms with Gasteiger partial charge < -0.3 is 4.98 Å². The van der Waals surface area contributed by atoms with Crippen molar-refractivity contribution >= 4 is 38.4 Å². The van der Waals surface area contributed by atoms with Crippen molar-refractivity contribution in [1.29, 1.82) is 0 Å². The Labute approximate surface area is 232 Å². The van der Waals surface area contributed by atoms with Crippen LogP contribution >= 0.6 is 0 Å². The van der Waals surface area contributed by atoms with Gasteiger partial charge in [0.05, 0.1) is 22.6 Å². The van der Waals surface area contributed by atoms with Crippen LogP contribution in [0.3, 0.4) is 0 Å². The van der Waals surface area contributed by atoms with E-state index >= 15 is 0 Å². The maximum atomic E-state index is 5.13. The maximum Gasteiger partial charge on any atom is 0.123 e. The van der Waals surface area contributed by atoms with Crippen molar-refractivity contribution in [2.45, 2.75) is 12.8 Å². The van der Waals surface area contributed by atoms with Crippen LogP contribution in [0, 0.1) is 0 Å². The Balaban J connectivity index is 1.31. The van der Waals surface area contributed by atoms with Crippen LogP contribution in [0.25, 0.3) is 60.8 Å². The van der Waals surface area contributed by atoms with Crippen molar-refractivity contribution in [3.63, 3.8) is 0 Å². The number of benzene rings is 4. The Morgan fingerprint density at radius 2 is 1.52 bits per heavy atom. The summed E-state index contributed by atoms with van der Waals surface area (Å²) in [7, 11) is 0. The average molecular weight is 515 g/mol. The highest BCUT2D eigenvalue weighted by Gasteiger charge is 2.16. The molecule has 3 aromatic heterocycles. The first kappa shape index (κ1) is 22.7. The zero-order chi connectivity index (χ0) is 26.5. The fraction of sp³-hybridized carbons (Fsp3) is 0.0556. The van der Waals surface area contributed by atoms with Crippen molar-refractivity contribution in [3.8, 4) is 28.1 Å². The predicted molar refractivity (Wildman–Crippen MR) is 166 cm³/mol. The highest BCUT2D eigenvalue weighted by molar-refractivity contribution is 6.08. The first-order valence-electron chi connectivity index (χ1n) is 13.7. The molecular weight excluding hydrogens is 488 g/mol. The molecule has 0 bridgehead atoms. The molecule has 7 aromatic rings. The molecule has 4 nitrogen and oxygen atoms in total. The zero-order valence-electron chi connectivity index (χ0n) is 21.9. The molecule has 8 rings (SSSR count). The topological polar surface area (TPSA) is 46.0 Å². The van der Waals surface area contributed by atoms with E-state index in [9.17, 15) is 0 Å². The summed E-state index contributed by atoms with van der Waals surface area (Å²) >= 11 is 0. The molecule has 0 spiro atoms. The fourth-order valence-electron chi connectivity index (χ4n) is 5.91. The smallest absolute Gasteiger partial charge is 0.123 e. The number of nitrogens with one attached hydrogen (secondary N) is 1. The first-order chi connectivity index (χ1) is 19.8. The second-order valence-electron chi connectivity index (χ2n) is 10.3. The number of para-hydroxylation sites is 1. The highest BCUT2D eigenvalue weighted by atomic mass is 15.0. The lowest BCUT2D eigenvalue weighted by atomic mass is 9.98. The third kappa shape index (κ3) is 3.76. The molecule has 1 aliphatic rings. The molecule has 0 radical (unpaired) electrons. The van der Waals surface area contributed by atoms with Gasteiger partial charge in [0, 0.05) is 34.4 Å². The Morgan fingerprint density at radius 1 is 0.650 bits per heavy atom. The van der Waals surface area contributed by atoms with E-state index in [1.54, 1.807) is 0 Å². The fourth-order valence-corrected chi connectivity index (χ4v) is 5.91. The molecule has 190 valence electrons. The number of fused-ring (bicyclic) bond motifs is 4. The van der Waals surface area contributed by atoms with E-state index in [-0.39, 0.29) is 0 Å². The summed E-state index contributed by atoms with van der Waals surface area (Å²) in [6.45, 7) is 0. The predicted octanol–water partition coefficient (Wildman–Crippen LogP) is 9.09. The minimum absolute atomic E-state index is 0.893. The molecule has 0 saturated heterocycles.